The molecule has 1 N–H and O–H groups in total. The van der Waals surface area contributed by atoms with Gasteiger partial charge in [-0.1, -0.05) is 26.7 Å². The molecule has 0 aliphatic rings. The third kappa shape index (κ3) is 4.09. The second-order valence-corrected chi connectivity index (χ2v) is 5.53. The van der Waals surface area contributed by atoms with Crippen molar-refractivity contribution in [2.24, 2.45) is 0 Å². The van der Waals surface area contributed by atoms with Crippen molar-refractivity contribution >= 4 is 11.6 Å². The van der Waals surface area contributed by atoms with Crippen LogP contribution in [0.5, 0.6) is 0 Å². The van der Waals surface area contributed by atoms with Gasteiger partial charge in [-0.25, -0.2) is 9.97 Å². The molecule has 1 heterocycles. The standard InChI is InChI=1S/C16H30N4/c1-7-9-10-11-20(12(3)4)16-13(5)15(17-6)18-14(8-2)19-16/h12H,7-11H2,1-6H3,(H,17,18,19). The fraction of sp³-hybridized carbons (Fsp3) is 0.750. The zero-order valence-electron chi connectivity index (χ0n) is 14.0. The lowest BCUT2D eigenvalue weighted by Gasteiger charge is -2.30. The highest BCUT2D eigenvalue weighted by atomic mass is 15.2. The molecule has 0 bridgehead atoms. The fourth-order valence-corrected chi connectivity index (χ4v) is 2.37. The Morgan fingerprint density at radius 3 is 2.35 bits per heavy atom. The first kappa shape index (κ1) is 16.7. The van der Waals surface area contributed by atoms with Crippen LogP contribution in [0.25, 0.3) is 0 Å². The van der Waals surface area contributed by atoms with Gasteiger partial charge in [0.15, 0.2) is 0 Å². The topological polar surface area (TPSA) is 41.1 Å². The minimum Gasteiger partial charge on any atom is -0.373 e. The van der Waals surface area contributed by atoms with Gasteiger partial charge in [-0.05, 0) is 27.2 Å². The molecule has 0 fully saturated rings. The molecular weight excluding hydrogens is 248 g/mol. The predicted octanol–water partition coefficient (Wildman–Crippen LogP) is 3.79. The Hall–Kier alpha value is -1.32. The monoisotopic (exact) mass is 278 g/mol. The van der Waals surface area contributed by atoms with Gasteiger partial charge in [-0.3, -0.25) is 0 Å². The number of aromatic nitrogens is 2. The molecule has 0 unspecified atom stereocenters. The Labute approximate surface area is 124 Å². The molecule has 0 aliphatic carbocycles. The van der Waals surface area contributed by atoms with Crippen molar-refractivity contribution in [1.82, 2.24) is 9.97 Å². The van der Waals surface area contributed by atoms with Crippen molar-refractivity contribution in [1.29, 1.82) is 0 Å². The maximum Gasteiger partial charge on any atom is 0.137 e. The van der Waals surface area contributed by atoms with E-state index in [-0.39, 0.29) is 0 Å². The molecule has 0 saturated heterocycles. The lowest BCUT2D eigenvalue weighted by atomic mass is 10.2. The average molecular weight is 278 g/mol. The molecule has 4 nitrogen and oxygen atoms in total. The summed E-state index contributed by atoms with van der Waals surface area (Å²) < 4.78 is 0. The second kappa shape index (κ2) is 8.08. The zero-order valence-corrected chi connectivity index (χ0v) is 14.0. The van der Waals surface area contributed by atoms with E-state index in [1.165, 1.54) is 19.3 Å². The summed E-state index contributed by atoms with van der Waals surface area (Å²) in [6.07, 6.45) is 4.60. The maximum atomic E-state index is 4.77. The van der Waals surface area contributed by atoms with Gasteiger partial charge in [0, 0.05) is 31.6 Å². The summed E-state index contributed by atoms with van der Waals surface area (Å²) in [7, 11) is 1.93. The van der Waals surface area contributed by atoms with Crippen molar-refractivity contribution in [2.75, 3.05) is 23.8 Å². The van der Waals surface area contributed by atoms with Crippen molar-refractivity contribution in [3.05, 3.63) is 11.4 Å². The van der Waals surface area contributed by atoms with Crippen LogP contribution in [0, 0.1) is 6.92 Å². The van der Waals surface area contributed by atoms with Crippen molar-refractivity contribution in [3.8, 4) is 0 Å². The number of unbranched alkanes of at least 4 members (excludes halogenated alkanes) is 2. The van der Waals surface area contributed by atoms with E-state index in [9.17, 15) is 0 Å². The summed E-state index contributed by atoms with van der Waals surface area (Å²) >= 11 is 0. The van der Waals surface area contributed by atoms with Gasteiger partial charge in [0.05, 0.1) is 0 Å². The first-order valence-corrected chi connectivity index (χ1v) is 7.86. The summed E-state index contributed by atoms with van der Waals surface area (Å²) in [5, 5.41) is 3.19. The van der Waals surface area contributed by atoms with Gasteiger partial charge in [0.1, 0.15) is 17.5 Å². The summed E-state index contributed by atoms with van der Waals surface area (Å²) in [6.45, 7) is 12.0. The minimum atomic E-state index is 0.454. The molecule has 0 aliphatic heterocycles. The van der Waals surface area contributed by atoms with Gasteiger partial charge in [-0.15, -0.1) is 0 Å². The summed E-state index contributed by atoms with van der Waals surface area (Å²) in [6, 6.07) is 0.454. The minimum absolute atomic E-state index is 0.454. The first-order valence-electron chi connectivity index (χ1n) is 7.86. The summed E-state index contributed by atoms with van der Waals surface area (Å²) in [4.78, 5) is 11.7. The highest BCUT2D eigenvalue weighted by Crippen LogP contribution is 2.25. The van der Waals surface area contributed by atoms with E-state index in [0.29, 0.717) is 6.04 Å². The molecule has 0 spiro atoms. The van der Waals surface area contributed by atoms with Gasteiger partial charge in [-0.2, -0.15) is 0 Å². The molecule has 4 heteroatoms. The van der Waals surface area contributed by atoms with Crippen LogP contribution in [0.3, 0.4) is 0 Å². The normalized spacial score (nSPS) is 10.9. The molecule has 0 saturated carbocycles. The van der Waals surface area contributed by atoms with Crippen LogP contribution < -0.4 is 10.2 Å². The molecule has 0 atom stereocenters. The van der Waals surface area contributed by atoms with E-state index in [0.717, 1.165) is 36.0 Å². The maximum absolute atomic E-state index is 4.77. The number of nitrogens with one attached hydrogen (secondary N) is 1. The van der Waals surface area contributed by atoms with Crippen molar-refractivity contribution in [3.63, 3.8) is 0 Å². The molecule has 1 rings (SSSR count). The van der Waals surface area contributed by atoms with Gasteiger partial charge in [0.2, 0.25) is 0 Å². The third-order valence-electron chi connectivity index (χ3n) is 3.62. The van der Waals surface area contributed by atoms with Crippen LogP contribution in [-0.4, -0.2) is 29.6 Å². The van der Waals surface area contributed by atoms with Crippen LogP contribution in [0.15, 0.2) is 0 Å². The van der Waals surface area contributed by atoms with Crippen LogP contribution >= 0.6 is 0 Å². The van der Waals surface area contributed by atoms with Crippen molar-refractivity contribution in [2.45, 2.75) is 66.3 Å². The number of anilines is 2. The Morgan fingerprint density at radius 1 is 1.15 bits per heavy atom. The number of hydrogen-bond acceptors (Lipinski definition) is 4. The second-order valence-electron chi connectivity index (χ2n) is 5.53. The predicted molar refractivity (Wildman–Crippen MR) is 87.7 cm³/mol. The Morgan fingerprint density at radius 2 is 1.85 bits per heavy atom. The molecule has 1 aromatic heterocycles. The lowest BCUT2D eigenvalue weighted by Crippen LogP contribution is -2.33. The average Bonchev–Trinajstić information content (AvgIpc) is 2.44. The van der Waals surface area contributed by atoms with E-state index in [1.807, 2.05) is 7.05 Å². The van der Waals surface area contributed by atoms with Crippen LogP contribution in [0.1, 0.15) is 58.3 Å². The highest BCUT2D eigenvalue weighted by molar-refractivity contribution is 5.58. The Bertz CT molecular complexity index is 415. The van der Waals surface area contributed by atoms with Crippen LogP contribution in [-0.2, 0) is 6.42 Å². The molecule has 1 aromatic rings. The largest absolute Gasteiger partial charge is 0.373 e. The molecule has 114 valence electrons. The summed E-state index contributed by atoms with van der Waals surface area (Å²) in [5.74, 6) is 2.95. The molecule has 0 aromatic carbocycles. The third-order valence-corrected chi connectivity index (χ3v) is 3.62. The van der Waals surface area contributed by atoms with E-state index in [2.05, 4.69) is 49.8 Å². The van der Waals surface area contributed by atoms with Crippen LogP contribution in [0.4, 0.5) is 11.6 Å². The first-order chi connectivity index (χ1) is 9.54. The zero-order chi connectivity index (χ0) is 15.1. The molecular formula is C16H30N4. The van der Waals surface area contributed by atoms with E-state index in [1.54, 1.807) is 0 Å². The van der Waals surface area contributed by atoms with E-state index >= 15 is 0 Å². The SMILES string of the molecule is CCCCCN(c1nc(CC)nc(NC)c1C)C(C)C. The van der Waals surface area contributed by atoms with Gasteiger partial charge < -0.3 is 10.2 Å². The van der Waals surface area contributed by atoms with Gasteiger partial charge >= 0.3 is 0 Å². The quantitative estimate of drug-likeness (QED) is 0.734. The van der Waals surface area contributed by atoms with E-state index in [4.69, 9.17) is 4.98 Å². The number of nitrogens with zero attached hydrogens (tertiary/aromatic N) is 3. The number of hydrogen-bond donors (Lipinski definition) is 1. The van der Waals surface area contributed by atoms with Crippen molar-refractivity contribution < 1.29 is 0 Å². The fourth-order valence-electron chi connectivity index (χ4n) is 2.37. The number of aryl methyl sites for hydroxylation is 1. The number of rotatable bonds is 8. The Kier molecular flexibility index (Phi) is 6.76. The van der Waals surface area contributed by atoms with Gasteiger partial charge in [0.25, 0.3) is 0 Å². The highest BCUT2D eigenvalue weighted by Gasteiger charge is 2.17. The Balaban J connectivity index is 3.10. The lowest BCUT2D eigenvalue weighted by molar-refractivity contribution is 0.616. The molecule has 20 heavy (non-hydrogen) atoms. The van der Waals surface area contributed by atoms with Crippen LogP contribution in [0.2, 0.25) is 0 Å². The summed E-state index contributed by atoms with van der Waals surface area (Å²) in [5.41, 5.74) is 1.15. The smallest absolute Gasteiger partial charge is 0.137 e. The molecule has 0 amide bonds. The molecule has 0 radical (unpaired) electrons. The van der Waals surface area contributed by atoms with E-state index < -0.39 is 0 Å².